The van der Waals surface area contributed by atoms with Crippen LogP contribution in [0.15, 0.2) is 83.8 Å². The Morgan fingerprint density at radius 3 is 2.53 bits per heavy atom. The molecule has 3 aromatic carbocycles. The normalized spacial score (nSPS) is 21.4. The minimum Gasteiger partial charge on any atom is -0.443 e. The number of carbonyl (C=O) groups is 1. The summed E-state index contributed by atoms with van der Waals surface area (Å²) in [5, 5.41) is 3.29. The van der Waals surface area contributed by atoms with Crippen LogP contribution in [-0.4, -0.2) is 31.5 Å². The van der Waals surface area contributed by atoms with Crippen LogP contribution in [0.2, 0.25) is 0 Å². The van der Waals surface area contributed by atoms with Gasteiger partial charge in [-0.2, -0.15) is 9.79 Å². The van der Waals surface area contributed by atoms with Crippen molar-refractivity contribution in [2.75, 3.05) is 11.9 Å². The first-order chi connectivity index (χ1) is 16.4. The van der Waals surface area contributed by atoms with Crippen LogP contribution in [0.1, 0.15) is 23.1 Å². The van der Waals surface area contributed by atoms with Gasteiger partial charge in [0.1, 0.15) is 12.8 Å². The largest absolute Gasteiger partial charge is 0.443 e. The molecule has 2 unspecified atom stereocenters. The number of hydrogen-bond acceptors (Lipinski definition) is 6. The molecule has 0 spiro atoms. The first kappa shape index (κ1) is 22.4. The maximum absolute atomic E-state index is 13.5. The van der Waals surface area contributed by atoms with E-state index >= 15 is 0 Å². The molecular weight excluding hydrogens is 454 g/mol. The van der Waals surface area contributed by atoms with Crippen LogP contribution in [-0.2, 0) is 31.8 Å². The molecule has 9 heteroatoms. The predicted molar refractivity (Wildman–Crippen MR) is 126 cm³/mol. The van der Waals surface area contributed by atoms with Gasteiger partial charge in [-0.1, -0.05) is 66.2 Å². The van der Waals surface area contributed by atoms with E-state index in [1.54, 1.807) is 24.3 Å². The molecule has 0 saturated carbocycles. The number of anilines is 1. The lowest BCUT2D eigenvalue weighted by atomic mass is 9.93. The Balaban J connectivity index is 1.38. The van der Waals surface area contributed by atoms with Crippen molar-refractivity contribution in [2.24, 2.45) is 0 Å². The number of benzene rings is 3. The van der Waals surface area contributed by atoms with Crippen molar-refractivity contribution in [1.82, 2.24) is 9.79 Å². The van der Waals surface area contributed by atoms with E-state index in [4.69, 9.17) is 9.57 Å². The molecule has 8 nitrogen and oxygen atoms in total. The highest BCUT2D eigenvalue weighted by Crippen LogP contribution is 2.50. The summed E-state index contributed by atoms with van der Waals surface area (Å²) in [5.41, 5.74) is 4.66. The fourth-order valence-electron chi connectivity index (χ4n) is 4.52. The number of hydroxylamine groups is 1. The van der Waals surface area contributed by atoms with Gasteiger partial charge in [0.05, 0.1) is 4.90 Å². The lowest BCUT2D eigenvalue weighted by molar-refractivity contribution is -0.107. The number of sulfonamides is 1. The molecule has 176 valence electrons. The molecule has 2 atom stereocenters. The van der Waals surface area contributed by atoms with Gasteiger partial charge in [-0.15, -0.1) is 0 Å². The molecule has 2 N–H and O–H groups in total. The summed E-state index contributed by atoms with van der Waals surface area (Å²) in [6.07, 6.45) is -1.13. The van der Waals surface area contributed by atoms with Crippen molar-refractivity contribution in [2.45, 2.75) is 36.6 Å². The fraction of sp³-hybridized carbons (Fsp3) is 0.240. The highest BCUT2D eigenvalue weighted by atomic mass is 32.2. The molecule has 34 heavy (non-hydrogen) atoms. The average Bonchev–Trinajstić information content (AvgIpc) is 3.37. The molecule has 0 radical (unpaired) electrons. The third kappa shape index (κ3) is 3.91. The monoisotopic (exact) mass is 479 g/mol. The Morgan fingerprint density at radius 2 is 1.76 bits per heavy atom. The van der Waals surface area contributed by atoms with Crippen molar-refractivity contribution in [1.29, 1.82) is 0 Å². The van der Waals surface area contributed by atoms with Gasteiger partial charge in [-0.05, 0) is 30.7 Å². The third-order valence-electron chi connectivity index (χ3n) is 6.27. The number of nitrogens with one attached hydrogen (secondary N) is 2. The van der Waals surface area contributed by atoms with Gasteiger partial charge < -0.3 is 10.1 Å². The van der Waals surface area contributed by atoms with Crippen molar-refractivity contribution in [3.63, 3.8) is 0 Å². The molecule has 1 saturated heterocycles. The first-order valence-electron chi connectivity index (χ1n) is 11.0. The average molecular weight is 480 g/mol. The quantitative estimate of drug-likeness (QED) is 0.521. The fourth-order valence-corrected chi connectivity index (χ4v) is 6.11. The second kappa shape index (κ2) is 8.75. The zero-order valence-electron chi connectivity index (χ0n) is 18.6. The lowest BCUT2D eigenvalue weighted by Crippen LogP contribution is -2.49. The topological polar surface area (TPSA) is 97.0 Å². The zero-order chi connectivity index (χ0) is 23.8. The van der Waals surface area contributed by atoms with Gasteiger partial charge in [0.15, 0.2) is 5.60 Å². The highest BCUT2D eigenvalue weighted by molar-refractivity contribution is 7.89. The minimum absolute atomic E-state index is 0.0925. The summed E-state index contributed by atoms with van der Waals surface area (Å²) in [5.74, 6) is 0. The maximum Gasteiger partial charge on any atom is 0.431 e. The van der Waals surface area contributed by atoms with Crippen LogP contribution in [0, 0.1) is 6.92 Å². The smallest absolute Gasteiger partial charge is 0.431 e. The van der Waals surface area contributed by atoms with E-state index < -0.39 is 27.9 Å². The Bertz CT molecular complexity index is 1300. The van der Waals surface area contributed by atoms with Gasteiger partial charge in [-0.3, -0.25) is 4.84 Å². The molecule has 1 fully saturated rings. The van der Waals surface area contributed by atoms with Crippen LogP contribution < -0.4 is 10.8 Å². The minimum atomic E-state index is -3.80. The van der Waals surface area contributed by atoms with E-state index in [1.807, 2.05) is 61.5 Å². The number of rotatable bonds is 6. The Morgan fingerprint density at radius 1 is 1.06 bits per heavy atom. The van der Waals surface area contributed by atoms with Crippen molar-refractivity contribution in [3.05, 3.63) is 95.6 Å². The molecule has 2 aliphatic heterocycles. The summed E-state index contributed by atoms with van der Waals surface area (Å²) < 4.78 is 33.7. The number of nitrogens with zero attached hydrogens (tertiary/aromatic N) is 1. The number of carbonyl (C=O) groups excluding carboxylic acids is 1. The molecule has 5 rings (SSSR count). The number of amides is 1. The summed E-state index contributed by atoms with van der Waals surface area (Å²) >= 11 is 0. The standard InChI is InChI=1S/C25H25N3O5S/c1-18-11-13-20(14-12-18)34(30,31)28-16-15-25(21-9-5-6-10-22(21)26-23(25)28)33-27-24(29)32-17-19-7-3-2-4-8-19/h2-14,23,26H,15-17H2,1H3,(H,27,29). The Kier molecular flexibility index (Phi) is 5.76. The molecule has 0 aliphatic carbocycles. The number of ether oxygens (including phenoxy) is 1. The van der Waals surface area contributed by atoms with E-state index in [9.17, 15) is 13.2 Å². The molecule has 0 bridgehead atoms. The van der Waals surface area contributed by atoms with Crippen LogP contribution >= 0.6 is 0 Å². The van der Waals surface area contributed by atoms with Gasteiger partial charge in [0.2, 0.25) is 10.0 Å². The molecular formula is C25H25N3O5S. The van der Waals surface area contributed by atoms with Crippen LogP contribution in [0.25, 0.3) is 0 Å². The van der Waals surface area contributed by atoms with E-state index in [-0.39, 0.29) is 18.0 Å². The molecule has 1 amide bonds. The van der Waals surface area contributed by atoms with E-state index in [1.165, 1.54) is 4.31 Å². The molecule has 2 heterocycles. The van der Waals surface area contributed by atoms with Crippen molar-refractivity contribution >= 4 is 21.8 Å². The summed E-state index contributed by atoms with van der Waals surface area (Å²) in [6, 6.07) is 23.5. The summed E-state index contributed by atoms with van der Waals surface area (Å²) in [7, 11) is -3.80. The van der Waals surface area contributed by atoms with Gasteiger partial charge >= 0.3 is 6.09 Å². The molecule has 2 aliphatic rings. The number of aryl methyl sites for hydroxylation is 1. The third-order valence-corrected chi connectivity index (χ3v) is 8.14. The van der Waals surface area contributed by atoms with Gasteiger partial charge in [0.25, 0.3) is 0 Å². The lowest BCUT2D eigenvalue weighted by Gasteiger charge is -2.31. The predicted octanol–water partition coefficient (Wildman–Crippen LogP) is 3.89. The maximum atomic E-state index is 13.5. The second-order valence-electron chi connectivity index (χ2n) is 8.43. The summed E-state index contributed by atoms with van der Waals surface area (Å²) in [4.78, 5) is 18.6. The van der Waals surface area contributed by atoms with E-state index in [0.717, 1.165) is 22.4 Å². The van der Waals surface area contributed by atoms with Crippen molar-refractivity contribution < 1.29 is 22.8 Å². The van der Waals surface area contributed by atoms with Crippen molar-refractivity contribution in [3.8, 4) is 0 Å². The Hall–Kier alpha value is -3.40. The first-order valence-corrected chi connectivity index (χ1v) is 12.4. The van der Waals surface area contributed by atoms with E-state index in [0.29, 0.717) is 6.42 Å². The highest BCUT2D eigenvalue weighted by Gasteiger charge is 2.59. The van der Waals surface area contributed by atoms with E-state index in [2.05, 4.69) is 10.8 Å². The number of hydrogen-bond donors (Lipinski definition) is 2. The van der Waals surface area contributed by atoms with Crippen LogP contribution in [0.4, 0.5) is 10.5 Å². The molecule has 3 aromatic rings. The zero-order valence-corrected chi connectivity index (χ0v) is 19.4. The molecule has 0 aromatic heterocycles. The Labute approximate surface area is 198 Å². The number of fused-ring (bicyclic) bond motifs is 3. The van der Waals surface area contributed by atoms with Gasteiger partial charge in [0, 0.05) is 24.2 Å². The SMILES string of the molecule is Cc1ccc(S(=O)(=O)N2CCC3(ONC(=O)OCc4ccccc4)c4ccccc4NC23)cc1. The van der Waals surface area contributed by atoms with Gasteiger partial charge in [-0.25, -0.2) is 13.2 Å². The van der Waals surface area contributed by atoms with Crippen LogP contribution in [0.5, 0.6) is 0 Å². The summed E-state index contributed by atoms with van der Waals surface area (Å²) in [6.45, 7) is 2.22. The second-order valence-corrected chi connectivity index (χ2v) is 10.3. The van der Waals surface area contributed by atoms with Crippen LogP contribution in [0.3, 0.4) is 0 Å². The number of para-hydroxylation sites is 1.